The molecule has 0 aromatic carbocycles. The average Bonchev–Trinajstić information content (AvgIpc) is 3.91. The van der Waals surface area contributed by atoms with E-state index in [1.807, 2.05) is 0 Å². The first-order valence-electron chi connectivity index (χ1n) is 20.3. The highest BCUT2D eigenvalue weighted by Gasteiger charge is 2.40. The van der Waals surface area contributed by atoms with Crippen LogP contribution in [-0.4, -0.2) is 94.1 Å². The van der Waals surface area contributed by atoms with Gasteiger partial charge in [-0.05, 0) is 69.6 Å². The maximum Gasteiger partial charge on any atom is 0.416 e. The predicted octanol–water partition coefficient (Wildman–Crippen LogP) is 8.38. The number of aromatic nitrogens is 6. The molecule has 4 aromatic heterocycles. The van der Waals surface area contributed by atoms with Crippen LogP contribution in [0.4, 0.5) is 74.7 Å². The van der Waals surface area contributed by atoms with Crippen LogP contribution in [0, 0.1) is 0 Å². The summed E-state index contributed by atoms with van der Waals surface area (Å²) in [6.07, 6.45) is 0.0488. The highest BCUT2D eigenvalue weighted by Crippen LogP contribution is 2.36. The fourth-order valence-electron chi connectivity index (χ4n) is 7.67. The summed E-state index contributed by atoms with van der Waals surface area (Å²) in [5.74, 6) is -7.17. The molecule has 8 heterocycles. The van der Waals surface area contributed by atoms with Crippen molar-refractivity contribution in [2.75, 3.05) is 72.8 Å². The zero-order valence-corrected chi connectivity index (χ0v) is 33.4. The lowest BCUT2D eigenvalue weighted by atomic mass is 9.94. The third-order valence-electron chi connectivity index (χ3n) is 11.1. The molecule has 0 saturated carbocycles. The molecule has 21 heteroatoms. The maximum atomic E-state index is 14.1. The summed E-state index contributed by atoms with van der Waals surface area (Å²) < 4.78 is 122. The van der Waals surface area contributed by atoms with Gasteiger partial charge in [-0.15, -0.1) is 0 Å². The van der Waals surface area contributed by atoms with Crippen LogP contribution < -0.4 is 31.1 Å². The summed E-state index contributed by atoms with van der Waals surface area (Å²) in [7, 11) is 0. The zero-order valence-electron chi connectivity index (χ0n) is 33.4. The summed E-state index contributed by atoms with van der Waals surface area (Å²) >= 11 is 0. The first kappa shape index (κ1) is 44.0. The Labute approximate surface area is 346 Å². The van der Waals surface area contributed by atoms with Crippen LogP contribution in [0.3, 0.4) is 0 Å². The highest BCUT2D eigenvalue weighted by atomic mass is 19.4. The van der Waals surface area contributed by atoms with Crippen molar-refractivity contribution >= 4 is 35.2 Å². The number of pyridine rings is 2. The lowest BCUT2D eigenvalue weighted by Crippen LogP contribution is -2.43. The van der Waals surface area contributed by atoms with Gasteiger partial charge in [0.1, 0.15) is 23.3 Å². The Morgan fingerprint density at radius 2 is 1.18 bits per heavy atom. The molecule has 4 N–H and O–H groups in total. The lowest BCUT2D eigenvalue weighted by Gasteiger charge is -2.33. The molecule has 330 valence electrons. The number of piperidine rings is 2. The number of nitrogens with zero attached hydrogens (tertiary/aromatic N) is 8. The number of nitrogens with one attached hydrogen (secondary N) is 4. The SMILES string of the molecule is CCC(F)(F)c1ccnc(Nc2cc(C3CCNCC3)nc(N3CCCC(F)(F)C3)n2)c1.FC1(F)CCN(c2nc(Nc3cc(C(F)(F)F)ccn3)cc(C3CCNC3)n2)C1. The molecule has 4 saturated heterocycles. The number of hydrogen-bond acceptors (Lipinski definition) is 12. The van der Waals surface area contributed by atoms with Crippen LogP contribution in [0.5, 0.6) is 0 Å². The average molecular weight is 867 g/mol. The second-order valence-corrected chi connectivity index (χ2v) is 15.7. The van der Waals surface area contributed by atoms with Crippen molar-refractivity contribution in [1.29, 1.82) is 0 Å². The van der Waals surface area contributed by atoms with Crippen molar-refractivity contribution in [2.24, 2.45) is 0 Å². The van der Waals surface area contributed by atoms with Gasteiger partial charge in [0.2, 0.25) is 11.9 Å². The van der Waals surface area contributed by atoms with Crippen LogP contribution in [0.2, 0.25) is 0 Å². The molecule has 61 heavy (non-hydrogen) atoms. The van der Waals surface area contributed by atoms with Gasteiger partial charge >= 0.3 is 6.18 Å². The van der Waals surface area contributed by atoms with Crippen molar-refractivity contribution in [3.05, 3.63) is 71.3 Å². The fraction of sp³-hybridized carbons (Fsp3) is 0.550. The summed E-state index contributed by atoms with van der Waals surface area (Å²) in [6.45, 7) is 4.26. The minimum Gasteiger partial charge on any atom is -0.335 e. The third kappa shape index (κ3) is 11.5. The lowest BCUT2D eigenvalue weighted by molar-refractivity contribution is -0.137. The Balaban J connectivity index is 0.000000185. The Kier molecular flexibility index (Phi) is 13.1. The van der Waals surface area contributed by atoms with Gasteiger partial charge in [-0.2, -0.15) is 23.1 Å². The molecule has 4 aliphatic rings. The Bertz CT molecular complexity index is 2110. The molecule has 4 aliphatic heterocycles. The molecule has 4 fully saturated rings. The molecule has 12 nitrogen and oxygen atoms in total. The molecule has 1 atom stereocenters. The Hall–Kier alpha value is -5.05. The minimum absolute atomic E-state index is 0.0354. The summed E-state index contributed by atoms with van der Waals surface area (Å²) in [5.41, 5.74) is 0.442. The second kappa shape index (κ2) is 18.1. The van der Waals surface area contributed by atoms with Gasteiger partial charge in [0, 0.05) is 80.8 Å². The van der Waals surface area contributed by atoms with Gasteiger partial charge in [-0.1, -0.05) is 6.92 Å². The van der Waals surface area contributed by atoms with Crippen LogP contribution in [-0.2, 0) is 12.1 Å². The largest absolute Gasteiger partial charge is 0.416 e. The fourth-order valence-corrected chi connectivity index (χ4v) is 7.67. The van der Waals surface area contributed by atoms with Crippen LogP contribution in [0.1, 0.15) is 86.2 Å². The Morgan fingerprint density at radius 1 is 0.656 bits per heavy atom. The van der Waals surface area contributed by atoms with Crippen LogP contribution in [0.15, 0.2) is 48.8 Å². The number of hydrogen-bond donors (Lipinski definition) is 4. The van der Waals surface area contributed by atoms with Gasteiger partial charge in [-0.25, -0.2) is 46.3 Å². The van der Waals surface area contributed by atoms with Crippen LogP contribution in [0.25, 0.3) is 0 Å². The van der Waals surface area contributed by atoms with E-state index in [4.69, 9.17) is 0 Å². The Morgan fingerprint density at radius 3 is 1.72 bits per heavy atom. The molecule has 0 spiro atoms. The number of alkyl halides is 9. The first-order valence-corrected chi connectivity index (χ1v) is 20.3. The topological polar surface area (TPSA) is 132 Å². The number of anilines is 6. The van der Waals surface area contributed by atoms with E-state index in [-0.39, 0.29) is 72.6 Å². The number of rotatable bonds is 10. The summed E-state index contributed by atoms with van der Waals surface area (Å²) in [4.78, 5) is 28.8. The molecule has 4 aromatic rings. The van der Waals surface area contributed by atoms with Crippen LogP contribution >= 0.6 is 0 Å². The molecule has 1 unspecified atom stereocenters. The minimum atomic E-state index is -4.50. The van der Waals surface area contributed by atoms with E-state index in [0.717, 1.165) is 62.9 Å². The van der Waals surface area contributed by atoms with Crippen molar-refractivity contribution in [1.82, 2.24) is 40.5 Å². The molecular formula is C40H47F9N12. The van der Waals surface area contributed by atoms with E-state index in [0.29, 0.717) is 31.0 Å². The van der Waals surface area contributed by atoms with Gasteiger partial charge in [0.05, 0.1) is 30.0 Å². The molecule has 8 rings (SSSR count). The van der Waals surface area contributed by atoms with Gasteiger partial charge in [-0.3, -0.25) is 0 Å². The predicted molar refractivity (Wildman–Crippen MR) is 212 cm³/mol. The van der Waals surface area contributed by atoms with Crippen molar-refractivity contribution in [2.45, 2.75) is 87.6 Å². The van der Waals surface area contributed by atoms with Gasteiger partial charge in [0.25, 0.3) is 17.8 Å². The van der Waals surface area contributed by atoms with Crippen molar-refractivity contribution in [3.63, 3.8) is 0 Å². The molecule has 0 aliphatic carbocycles. The van der Waals surface area contributed by atoms with E-state index >= 15 is 0 Å². The van der Waals surface area contributed by atoms with Gasteiger partial charge in [0.15, 0.2) is 0 Å². The van der Waals surface area contributed by atoms with E-state index in [2.05, 4.69) is 51.2 Å². The van der Waals surface area contributed by atoms with E-state index in [1.165, 1.54) is 35.1 Å². The second-order valence-electron chi connectivity index (χ2n) is 15.7. The molecule has 0 bridgehead atoms. The first-order chi connectivity index (χ1) is 28.9. The van der Waals surface area contributed by atoms with Crippen molar-refractivity contribution in [3.8, 4) is 0 Å². The van der Waals surface area contributed by atoms with E-state index in [9.17, 15) is 39.5 Å². The van der Waals surface area contributed by atoms with Crippen molar-refractivity contribution < 1.29 is 39.5 Å². The summed E-state index contributed by atoms with van der Waals surface area (Å²) in [6, 6.07) is 7.74. The monoisotopic (exact) mass is 866 g/mol. The molecule has 0 radical (unpaired) electrons. The normalized spacial score (nSPS) is 20.6. The van der Waals surface area contributed by atoms with E-state index in [1.54, 1.807) is 12.1 Å². The smallest absolute Gasteiger partial charge is 0.335 e. The standard InChI is InChI=1S/C22H28F4N6.C18H19F5N6/c1-2-22(25,26)16-6-10-28-18(12-16)30-19-13-17(15-4-8-27-9-5-15)29-20(31-19)32-11-3-7-21(23,24)14-32;19-17(20)3-6-29(10-17)16-26-13(11-1-4-24-9-11)8-15(28-16)27-14-7-12(2-5-25-14)18(21,22)23/h6,10,12-13,15,27H,2-5,7-9,11,14H2,1H3,(H,28,29,30,31);2,5,7-8,11,24H,1,3-4,6,9-10H2,(H,25,26,27,28). The molecule has 0 amide bonds. The van der Waals surface area contributed by atoms with E-state index < -0.39 is 42.6 Å². The number of halogens is 9. The maximum absolute atomic E-state index is 14.1. The third-order valence-corrected chi connectivity index (χ3v) is 11.1. The highest BCUT2D eigenvalue weighted by molar-refractivity contribution is 5.57. The van der Waals surface area contributed by atoms with Gasteiger partial charge < -0.3 is 31.1 Å². The molecular weight excluding hydrogens is 820 g/mol. The quantitative estimate of drug-likeness (QED) is 0.114. The summed E-state index contributed by atoms with van der Waals surface area (Å²) in [5, 5.41) is 12.3. The zero-order chi connectivity index (χ0) is 43.4.